The summed E-state index contributed by atoms with van der Waals surface area (Å²) in [6, 6.07) is 3.74. The zero-order chi connectivity index (χ0) is 16.3. The van der Waals surface area contributed by atoms with E-state index in [2.05, 4.69) is 0 Å². The van der Waals surface area contributed by atoms with Crippen LogP contribution in [0.5, 0.6) is 0 Å². The first-order valence-corrected chi connectivity index (χ1v) is 8.74. The summed E-state index contributed by atoms with van der Waals surface area (Å²) >= 11 is 0. The molecule has 0 aliphatic carbocycles. The van der Waals surface area contributed by atoms with E-state index in [0.717, 1.165) is 18.2 Å². The Labute approximate surface area is 122 Å². The summed E-state index contributed by atoms with van der Waals surface area (Å²) in [4.78, 5) is 11.9. The topological polar surface area (TPSA) is 109 Å². The van der Waals surface area contributed by atoms with Crippen molar-refractivity contribution in [3.05, 3.63) is 24.3 Å². The first-order chi connectivity index (χ1) is 9.52. The number of hydrogen-bond acceptors (Lipinski definition) is 5. The SMILES string of the molecule is CC(C)CC(=O)NNS(=O)(=O)c1cccc(S(=O)(=O)F)c1. The van der Waals surface area contributed by atoms with Crippen LogP contribution in [-0.4, -0.2) is 22.7 Å². The maximum atomic E-state index is 12.8. The van der Waals surface area contributed by atoms with Crippen LogP contribution in [0.2, 0.25) is 0 Å². The number of nitrogens with one attached hydrogen (secondary N) is 2. The van der Waals surface area contributed by atoms with Crippen molar-refractivity contribution in [1.29, 1.82) is 0 Å². The fourth-order valence-electron chi connectivity index (χ4n) is 1.40. The number of carbonyl (C=O) groups is 1. The van der Waals surface area contributed by atoms with E-state index in [1.807, 2.05) is 10.3 Å². The number of hydrogen-bond donors (Lipinski definition) is 2. The van der Waals surface area contributed by atoms with Gasteiger partial charge in [-0.1, -0.05) is 19.9 Å². The minimum absolute atomic E-state index is 0.0366. The summed E-state index contributed by atoms with van der Waals surface area (Å²) in [7, 11) is -9.20. The minimum atomic E-state index is -5.01. The quantitative estimate of drug-likeness (QED) is 0.586. The average Bonchev–Trinajstić information content (AvgIpc) is 2.35. The number of amides is 1. The van der Waals surface area contributed by atoms with Crippen molar-refractivity contribution >= 4 is 26.2 Å². The second-order valence-electron chi connectivity index (χ2n) is 4.66. The van der Waals surface area contributed by atoms with Crippen molar-refractivity contribution in [2.24, 2.45) is 5.92 Å². The maximum absolute atomic E-state index is 12.8. The Morgan fingerprint density at radius 3 is 2.29 bits per heavy atom. The molecule has 0 spiro atoms. The summed E-state index contributed by atoms with van der Waals surface area (Å²) < 4.78 is 58.0. The third-order valence-corrected chi connectivity index (χ3v) is 4.38. The number of sulfonamides is 1. The summed E-state index contributed by atoms with van der Waals surface area (Å²) in [5.74, 6) is -0.502. The molecule has 0 atom stereocenters. The van der Waals surface area contributed by atoms with Gasteiger partial charge in [0.15, 0.2) is 0 Å². The summed E-state index contributed by atoms with van der Waals surface area (Å²) in [5.41, 5.74) is 1.99. The number of hydrazine groups is 1. The van der Waals surface area contributed by atoms with Crippen molar-refractivity contribution < 1.29 is 25.5 Å². The molecule has 0 saturated carbocycles. The summed E-state index contributed by atoms with van der Waals surface area (Å²) in [6.07, 6.45) is 0.113. The van der Waals surface area contributed by atoms with Crippen LogP contribution in [0.1, 0.15) is 20.3 Å². The van der Waals surface area contributed by atoms with Gasteiger partial charge in [-0.05, 0) is 24.1 Å². The number of benzene rings is 1. The van der Waals surface area contributed by atoms with Crippen LogP contribution in [0.25, 0.3) is 0 Å². The van der Waals surface area contributed by atoms with Crippen molar-refractivity contribution in [2.75, 3.05) is 0 Å². The van der Waals surface area contributed by atoms with Gasteiger partial charge in [-0.2, -0.15) is 8.42 Å². The molecule has 1 aromatic rings. The van der Waals surface area contributed by atoms with Crippen LogP contribution >= 0.6 is 0 Å². The highest BCUT2D eigenvalue weighted by Crippen LogP contribution is 2.17. The Morgan fingerprint density at radius 1 is 1.19 bits per heavy atom. The van der Waals surface area contributed by atoms with Crippen molar-refractivity contribution in [3.63, 3.8) is 0 Å². The molecule has 0 saturated heterocycles. The molecule has 2 N–H and O–H groups in total. The van der Waals surface area contributed by atoms with Crippen LogP contribution in [-0.2, 0) is 25.0 Å². The van der Waals surface area contributed by atoms with Gasteiger partial charge in [-0.25, -0.2) is 8.42 Å². The molecule has 0 unspecified atom stereocenters. The van der Waals surface area contributed by atoms with Crippen LogP contribution in [0, 0.1) is 5.92 Å². The van der Waals surface area contributed by atoms with E-state index in [1.54, 1.807) is 13.8 Å². The average molecular weight is 338 g/mol. The first-order valence-electron chi connectivity index (χ1n) is 5.88. The zero-order valence-electron chi connectivity index (χ0n) is 11.3. The molecule has 1 rings (SSSR count). The Morgan fingerprint density at radius 2 is 1.76 bits per heavy atom. The Hall–Kier alpha value is -1.52. The van der Waals surface area contributed by atoms with Gasteiger partial charge in [0.05, 0.1) is 9.79 Å². The smallest absolute Gasteiger partial charge is 0.278 e. The molecule has 0 heterocycles. The largest absolute Gasteiger partial charge is 0.332 e. The molecule has 21 heavy (non-hydrogen) atoms. The van der Waals surface area contributed by atoms with E-state index in [4.69, 9.17) is 0 Å². The third kappa shape index (κ3) is 5.40. The molecule has 0 aliphatic rings. The predicted molar refractivity (Wildman–Crippen MR) is 72.7 cm³/mol. The second-order valence-corrected chi connectivity index (χ2v) is 7.69. The molecule has 118 valence electrons. The molecular formula is C11H15FN2O5S2. The number of halogens is 1. The first kappa shape index (κ1) is 17.5. The van der Waals surface area contributed by atoms with Crippen LogP contribution in [0.4, 0.5) is 3.89 Å². The lowest BCUT2D eigenvalue weighted by atomic mass is 10.1. The fraction of sp³-hybridized carbons (Fsp3) is 0.364. The lowest BCUT2D eigenvalue weighted by molar-refractivity contribution is -0.122. The molecule has 0 fully saturated rings. The molecule has 0 aromatic heterocycles. The van der Waals surface area contributed by atoms with E-state index < -0.39 is 35.9 Å². The van der Waals surface area contributed by atoms with Gasteiger partial charge in [-0.15, -0.1) is 8.72 Å². The highest BCUT2D eigenvalue weighted by Gasteiger charge is 2.19. The van der Waals surface area contributed by atoms with E-state index in [-0.39, 0.29) is 12.3 Å². The number of carbonyl (C=O) groups excluding carboxylic acids is 1. The van der Waals surface area contributed by atoms with Crippen molar-refractivity contribution in [3.8, 4) is 0 Å². The van der Waals surface area contributed by atoms with E-state index in [1.165, 1.54) is 0 Å². The zero-order valence-corrected chi connectivity index (χ0v) is 13.0. The van der Waals surface area contributed by atoms with Gasteiger partial charge in [0.2, 0.25) is 5.91 Å². The van der Waals surface area contributed by atoms with Crippen LogP contribution in [0.15, 0.2) is 34.1 Å². The maximum Gasteiger partial charge on any atom is 0.332 e. The van der Waals surface area contributed by atoms with Gasteiger partial charge in [0.1, 0.15) is 0 Å². The van der Waals surface area contributed by atoms with E-state index >= 15 is 0 Å². The molecule has 1 aromatic carbocycles. The molecule has 7 nitrogen and oxygen atoms in total. The Bertz CT molecular complexity index is 729. The van der Waals surface area contributed by atoms with Crippen molar-refractivity contribution in [1.82, 2.24) is 10.3 Å². The Kier molecular flexibility index (Phi) is 5.42. The monoisotopic (exact) mass is 338 g/mol. The fourth-order valence-corrected chi connectivity index (χ4v) is 2.89. The van der Waals surface area contributed by atoms with Gasteiger partial charge < -0.3 is 0 Å². The lowest BCUT2D eigenvalue weighted by Crippen LogP contribution is -2.41. The van der Waals surface area contributed by atoms with Crippen molar-refractivity contribution in [2.45, 2.75) is 30.1 Å². The van der Waals surface area contributed by atoms with Crippen LogP contribution in [0.3, 0.4) is 0 Å². The summed E-state index contributed by atoms with van der Waals surface area (Å²) in [5, 5.41) is 0. The molecule has 0 bridgehead atoms. The van der Waals surface area contributed by atoms with E-state index in [9.17, 15) is 25.5 Å². The van der Waals surface area contributed by atoms with Gasteiger partial charge >= 0.3 is 10.2 Å². The molecule has 1 amide bonds. The molecule has 0 aliphatic heterocycles. The standard InChI is InChI=1S/C11H15FN2O5S2/c1-8(2)6-11(15)13-14-21(18,19)10-5-3-4-9(7-10)20(12,16)17/h3-5,7-8,14H,6H2,1-2H3,(H,13,15). The normalized spacial score (nSPS) is 12.4. The molecule has 10 heteroatoms. The third-order valence-electron chi connectivity index (χ3n) is 2.32. The van der Waals surface area contributed by atoms with Crippen LogP contribution < -0.4 is 10.3 Å². The Balaban J connectivity index is 2.92. The van der Waals surface area contributed by atoms with E-state index in [0.29, 0.717) is 6.07 Å². The predicted octanol–water partition coefficient (Wildman–Crippen LogP) is 0.700. The molecule has 0 radical (unpaired) electrons. The van der Waals surface area contributed by atoms with Gasteiger partial charge in [-0.3, -0.25) is 10.2 Å². The molecular weight excluding hydrogens is 323 g/mol. The second kappa shape index (κ2) is 6.50. The lowest BCUT2D eigenvalue weighted by Gasteiger charge is -2.10. The highest BCUT2D eigenvalue weighted by atomic mass is 32.3. The summed E-state index contributed by atoms with van der Waals surface area (Å²) in [6.45, 7) is 3.56. The minimum Gasteiger partial charge on any atom is -0.278 e. The number of rotatable bonds is 6. The highest BCUT2D eigenvalue weighted by molar-refractivity contribution is 7.89. The van der Waals surface area contributed by atoms with Gasteiger partial charge in [0, 0.05) is 6.42 Å². The van der Waals surface area contributed by atoms with Gasteiger partial charge in [0.25, 0.3) is 10.0 Å².